The highest BCUT2D eigenvalue weighted by molar-refractivity contribution is 5.89. The van der Waals surface area contributed by atoms with Gasteiger partial charge >= 0.3 is 0 Å². The van der Waals surface area contributed by atoms with Gasteiger partial charge in [0, 0.05) is 5.56 Å². The fourth-order valence-electron chi connectivity index (χ4n) is 3.30. The number of methoxy groups -OCH3 is 1. The minimum Gasteiger partial charge on any atom is -0.496 e. The first-order chi connectivity index (χ1) is 12.2. The van der Waals surface area contributed by atoms with E-state index in [1.54, 1.807) is 7.11 Å². The van der Waals surface area contributed by atoms with Gasteiger partial charge in [0.05, 0.1) is 20.3 Å². The molecule has 0 amide bonds. The molecule has 3 aromatic carbocycles. The molecule has 0 aliphatic rings. The average molecular weight is 334 g/mol. The van der Waals surface area contributed by atoms with Crippen molar-refractivity contribution in [3.63, 3.8) is 0 Å². The molecule has 3 heteroatoms. The van der Waals surface area contributed by atoms with Crippen LogP contribution in [-0.2, 0) is 13.2 Å². The molecule has 0 atom stereocenters. The van der Waals surface area contributed by atoms with E-state index in [0.29, 0.717) is 5.75 Å². The molecule has 0 heterocycles. The molecule has 3 rings (SSSR count). The number of aliphatic hydroxyl groups excluding tert-OH is 2. The highest BCUT2D eigenvalue weighted by Crippen LogP contribution is 2.41. The summed E-state index contributed by atoms with van der Waals surface area (Å²) in [5, 5.41) is 19.6. The summed E-state index contributed by atoms with van der Waals surface area (Å²) in [6, 6.07) is 19.9. The lowest BCUT2D eigenvalue weighted by molar-refractivity contribution is 0.273. The summed E-state index contributed by atoms with van der Waals surface area (Å²) in [7, 11) is 1.62. The van der Waals surface area contributed by atoms with Crippen molar-refractivity contribution in [2.45, 2.75) is 20.1 Å². The molecule has 25 heavy (non-hydrogen) atoms. The van der Waals surface area contributed by atoms with Crippen LogP contribution in [-0.4, -0.2) is 17.3 Å². The van der Waals surface area contributed by atoms with Crippen molar-refractivity contribution < 1.29 is 14.9 Å². The third-order valence-corrected chi connectivity index (χ3v) is 4.59. The molecule has 0 saturated carbocycles. The van der Waals surface area contributed by atoms with Crippen LogP contribution < -0.4 is 4.74 Å². The number of aliphatic hydroxyl groups is 2. The Hall–Kier alpha value is -2.62. The van der Waals surface area contributed by atoms with Crippen LogP contribution in [0.2, 0.25) is 0 Å². The Morgan fingerprint density at radius 1 is 0.840 bits per heavy atom. The highest BCUT2D eigenvalue weighted by atomic mass is 16.5. The molecule has 0 bridgehead atoms. The van der Waals surface area contributed by atoms with Gasteiger partial charge in [-0.1, -0.05) is 54.6 Å². The molecule has 0 fully saturated rings. The van der Waals surface area contributed by atoms with E-state index in [9.17, 15) is 10.2 Å². The average Bonchev–Trinajstić information content (AvgIpc) is 2.67. The third kappa shape index (κ3) is 3.16. The van der Waals surface area contributed by atoms with Gasteiger partial charge in [-0.3, -0.25) is 0 Å². The van der Waals surface area contributed by atoms with E-state index in [0.717, 1.165) is 38.9 Å². The van der Waals surface area contributed by atoms with Gasteiger partial charge in [0.15, 0.2) is 0 Å². The lowest BCUT2D eigenvalue weighted by Gasteiger charge is -2.21. The van der Waals surface area contributed by atoms with E-state index in [2.05, 4.69) is 12.1 Å². The van der Waals surface area contributed by atoms with Gasteiger partial charge in [0.2, 0.25) is 0 Å². The predicted molar refractivity (Wildman–Crippen MR) is 100 cm³/mol. The zero-order chi connectivity index (χ0) is 17.8. The van der Waals surface area contributed by atoms with Gasteiger partial charge in [0.25, 0.3) is 0 Å². The van der Waals surface area contributed by atoms with E-state index >= 15 is 0 Å². The summed E-state index contributed by atoms with van der Waals surface area (Å²) in [4.78, 5) is 0. The van der Waals surface area contributed by atoms with Crippen LogP contribution >= 0.6 is 0 Å². The summed E-state index contributed by atoms with van der Waals surface area (Å²) in [6.45, 7) is 1.85. The van der Waals surface area contributed by atoms with Crippen LogP contribution in [0.3, 0.4) is 0 Å². The number of benzene rings is 3. The normalized spacial score (nSPS) is 10.7. The van der Waals surface area contributed by atoms with Crippen molar-refractivity contribution in [2.24, 2.45) is 0 Å². The van der Waals surface area contributed by atoms with Gasteiger partial charge in [0.1, 0.15) is 5.75 Å². The van der Waals surface area contributed by atoms with Gasteiger partial charge in [-0.15, -0.1) is 0 Å². The molecule has 0 aliphatic carbocycles. The minimum atomic E-state index is -0.0988. The van der Waals surface area contributed by atoms with Crippen LogP contribution in [0.15, 0.2) is 60.7 Å². The monoisotopic (exact) mass is 334 g/mol. The van der Waals surface area contributed by atoms with Crippen LogP contribution in [0.25, 0.3) is 22.3 Å². The molecule has 2 N–H and O–H groups in total. The van der Waals surface area contributed by atoms with Gasteiger partial charge in [-0.2, -0.15) is 0 Å². The van der Waals surface area contributed by atoms with Crippen molar-refractivity contribution in [1.29, 1.82) is 0 Å². The first-order valence-corrected chi connectivity index (χ1v) is 8.27. The fraction of sp³-hybridized carbons (Fsp3) is 0.182. The van der Waals surface area contributed by atoms with Gasteiger partial charge in [-0.25, -0.2) is 0 Å². The Kier molecular flexibility index (Phi) is 5.17. The smallest absolute Gasteiger partial charge is 0.125 e. The van der Waals surface area contributed by atoms with E-state index in [-0.39, 0.29) is 13.2 Å². The molecule has 128 valence electrons. The maximum atomic E-state index is 9.86. The molecule has 0 aliphatic heterocycles. The molecule has 0 saturated heterocycles. The maximum Gasteiger partial charge on any atom is 0.125 e. The molecule has 0 radical (unpaired) electrons. The second-order valence-electron chi connectivity index (χ2n) is 5.94. The van der Waals surface area contributed by atoms with E-state index < -0.39 is 0 Å². The van der Waals surface area contributed by atoms with Crippen LogP contribution in [0.5, 0.6) is 5.75 Å². The zero-order valence-electron chi connectivity index (χ0n) is 14.5. The largest absolute Gasteiger partial charge is 0.496 e. The Bertz CT molecular complexity index is 870. The first-order valence-electron chi connectivity index (χ1n) is 8.27. The summed E-state index contributed by atoms with van der Waals surface area (Å²) in [5.74, 6) is 0.670. The molecular weight excluding hydrogens is 312 g/mol. The predicted octanol–water partition coefficient (Wildman–Crippen LogP) is 4.32. The van der Waals surface area contributed by atoms with Crippen molar-refractivity contribution in [3.05, 3.63) is 77.4 Å². The fourth-order valence-corrected chi connectivity index (χ4v) is 3.30. The first kappa shape index (κ1) is 17.2. The summed E-state index contributed by atoms with van der Waals surface area (Å²) < 4.78 is 5.52. The standard InChI is InChI=1S/C22H22O3/c1-15-20(14-24)21(25-2)12-19(16-8-4-3-5-9-16)22(15)18-11-7-6-10-17(18)13-23/h3-12,23-24H,13-14H2,1-2H3. The third-order valence-electron chi connectivity index (χ3n) is 4.59. The van der Waals surface area contributed by atoms with Crippen LogP contribution in [0.4, 0.5) is 0 Å². The topological polar surface area (TPSA) is 49.7 Å². The highest BCUT2D eigenvalue weighted by Gasteiger charge is 2.19. The Balaban J connectivity index is 2.39. The summed E-state index contributed by atoms with van der Waals surface area (Å²) in [5.41, 5.74) is 6.66. The van der Waals surface area contributed by atoms with Crippen molar-refractivity contribution in [1.82, 2.24) is 0 Å². The Morgan fingerprint density at radius 3 is 2.16 bits per heavy atom. The summed E-state index contributed by atoms with van der Waals surface area (Å²) in [6.07, 6.45) is 0. The Morgan fingerprint density at radius 2 is 1.52 bits per heavy atom. The van der Waals surface area contributed by atoms with E-state index in [1.807, 2.05) is 55.5 Å². The quantitative estimate of drug-likeness (QED) is 0.730. The lowest BCUT2D eigenvalue weighted by atomic mass is 9.86. The van der Waals surface area contributed by atoms with Crippen molar-refractivity contribution in [2.75, 3.05) is 7.11 Å². The molecule has 0 spiro atoms. The van der Waals surface area contributed by atoms with Gasteiger partial charge in [-0.05, 0) is 46.4 Å². The van der Waals surface area contributed by atoms with Gasteiger partial charge < -0.3 is 14.9 Å². The molecule has 0 aromatic heterocycles. The zero-order valence-corrected chi connectivity index (χ0v) is 14.5. The minimum absolute atomic E-state index is 0.0374. The lowest BCUT2D eigenvalue weighted by Crippen LogP contribution is -2.02. The number of rotatable bonds is 5. The Labute approximate surface area is 148 Å². The number of hydrogen-bond donors (Lipinski definition) is 2. The summed E-state index contributed by atoms with van der Waals surface area (Å²) >= 11 is 0. The maximum absolute atomic E-state index is 9.86. The molecule has 0 unspecified atom stereocenters. The van der Waals surface area contributed by atoms with Crippen LogP contribution in [0.1, 0.15) is 16.7 Å². The second-order valence-corrected chi connectivity index (χ2v) is 5.94. The number of hydrogen-bond acceptors (Lipinski definition) is 3. The molecule has 3 nitrogen and oxygen atoms in total. The molecular formula is C22H22O3. The molecule has 3 aromatic rings. The number of ether oxygens (including phenoxy) is 1. The van der Waals surface area contributed by atoms with Crippen LogP contribution in [0, 0.1) is 6.92 Å². The van der Waals surface area contributed by atoms with E-state index in [4.69, 9.17) is 4.74 Å². The SMILES string of the molecule is COc1cc(-c2ccccc2)c(-c2ccccc2CO)c(C)c1CO. The second kappa shape index (κ2) is 7.51. The van der Waals surface area contributed by atoms with E-state index in [1.165, 1.54) is 0 Å². The van der Waals surface area contributed by atoms with Crippen molar-refractivity contribution >= 4 is 0 Å². The van der Waals surface area contributed by atoms with Crippen molar-refractivity contribution in [3.8, 4) is 28.0 Å².